The Bertz CT molecular complexity index is 591. The van der Waals surface area contributed by atoms with E-state index in [2.05, 4.69) is 27.1 Å². The van der Waals surface area contributed by atoms with Gasteiger partial charge in [-0.25, -0.2) is 4.98 Å². The molecule has 0 atom stereocenters. The van der Waals surface area contributed by atoms with Crippen LogP contribution in [-0.2, 0) is 13.1 Å². The lowest BCUT2D eigenvalue weighted by molar-refractivity contribution is 0.0956. The van der Waals surface area contributed by atoms with Crippen molar-refractivity contribution in [1.82, 2.24) is 14.9 Å². The summed E-state index contributed by atoms with van der Waals surface area (Å²) < 4.78 is 2.14. The minimum Gasteiger partial charge on any atom is -0.379 e. The summed E-state index contributed by atoms with van der Waals surface area (Å²) in [4.78, 5) is 16.0. The molecule has 2 N–H and O–H groups in total. The lowest BCUT2D eigenvalue weighted by atomic mass is 10.2. The van der Waals surface area contributed by atoms with Gasteiger partial charge in [-0.05, 0) is 31.5 Å². The number of imidazole rings is 1. The lowest BCUT2D eigenvalue weighted by Gasteiger charge is -2.10. The second-order valence-corrected chi connectivity index (χ2v) is 4.87. The summed E-state index contributed by atoms with van der Waals surface area (Å²) in [5, 5.41) is 6.15. The Morgan fingerprint density at radius 1 is 1.33 bits per heavy atom. The smallest absolute Gasteiger partial charge is 0.251 e. The standard InChI is InChI=1S/C16H22N4O/c1-3-8-20-12-17-10-15(20)11-19-14-7-5-6-13(9-14)16(21)18-4-2/h5-7,9-10,12,19H,3-4,8,11H2,1-2H3,(H,18,21). The maximum absolute atomic E-state index is 11.8. The Balaban J connectivity index is 2.01. The first-order chi connectivity index (χ1) is 10.2. The number of anilines is 1. The SMILES string of the molecule is CCCn1cncc1CNc1cccc(C(=O)NCC)c1. The first-order valence-electron chi connectivity index (χ1n) is 7.35. The van der Waals surface area contributed by atoms with Gasteiger partial charge in [-0.3, -0.25) is 4.79 Å². The monoisotopic (exact) mass is 286 g/mol. The fraction of sp³-hybridized carbons (Fsp3) is 0.375. The third kappa shape index (κ3) is 4.08. The summed E-state index contributed by atoms with van der Waals surface area (Å²) in [5.41, 5.74) is 2.74. The molecule has 5 heteroatoms. The second-order valence-electron chi connectivity index (χ2n) is 4.87. The van der Waals surface area contributed by atoms with Crippen molar-refractivity contribution in [2.24, 2.45) is 0 Å². The zero-order valence-electron chi connectivity index (χ0n) is 12.6. The third-order valence-electron chi connectivity index (χ3n) is 3.20. The van der Waals surface area contributed by atoms with Crippen LogP contribution >= 0.6 is 0 Å². The second kappa shape index (κ2) is 7.47. The lowest BCUT2D eigenvalue weighted by Crippen LogP contribution is -2.22. The van der Waals surface area contributed by atoms with Crippen molar-refractivity contribution in [2.45, 2.75) is 33.4 Å². The Hall–Kier alpha value is -2.30. The molecule has 1 heterocycles. The number of rotatable bonds is 7. The predicted octanol–water partition coefficient (Wildman–Crippen LogP) is 2.65. The molecule has 5 nitrogen and oxygen atoms in total. The van der Waals surface area contributed by atoms with E-state index in [-0.39, 0.29) is 5.91 Å². The number of aromatic nitrogens is 2. The normalized spacial score (nSPS) is 10.4. The Kier molecular flexibility index (Phi) is 5.37. The fourth-order valence-corrected chi connectivity index (χ4v) is 2.16. The number of carbonyl (C=O) groups is 1. The van der Waals surface area contributed by atoms with Crippen LogP contribution in [0.4, 0.5) is 5.69 Å². The van der Waals surface area contributed by atoms with Gasteiger partial charge in [0.2, 0.25) is 0 Å². The van der Waals surface area contributed by atoms with Crippen LogP contribution in [0.3, 0.4) is 0 Å². The van der Waals surface area contributed by atoms with E-state index in [1.165, 1.54) is 0 Å². The summed E-state index contributed by atoms with van der Waals surface area (Å²) in [6.45, 7) is 6.35. The van der Waals surface area contributed by atoms with Gasteiger partial charge in [0, 0.05) is 30.5 Å². The van der Waals surface area contributed by atoms with E-state index in [1.807, 2.05) is 43.7 Å². The molecule has 0 fully saturated rings. The topological polar surface area (TPSA) is 59.0 Å². The molecule has 0 radical (unpaired) electrons. The first kappa shape index (κ1) is 15.1. The Labute approximate surface area is 125 Å². The van der Waals surface area contributed by atoms with Crippen molar-refractivity contribution in [2.75, 3.05) is 11.9 Å². The average Bonchev–Trinajstić information content (AvgIpc) is 2.93. The van der Waals surface area contributed by atoms with Gasteiger partial charge in [0.25, 0.3) is 5.91 Å². The van der Waals surface area contributed by atoms with E-state index in [9.17, 15) is 4.79 Å². The minimum atomic E-state index is -0.0443. The highest BCUT2D eigenvalue weighted by molar-refractivity contribution is 5.95. The van der Waals surface area contributed by atoms with Gasteiger partial charge in [0.1, 0.15) is 0 Å². The van der Waals surface area contributed by atoms with Gasteiger partial charge in [-0.2, -0.15) is 0 Å². The van der Waals surface area contributed by atoms with Crippen LogP contribution in [0.2, 0.25) is 0 Å². The number of carbonyl (C=O) groups excluding carboxylic acids is 1. The van der Waals surface area contributed by atoms with Crippen LogP contribution in [0.25, 0.3) is 0 Å². The molecule has 0 aliphatic rings. The maximum Gasteiger partial charge on any atom is 0.251 e. The molecule has 0 saturated carbocycles. The zero-order chi connectivity index (χ0) is 15.1. The van der Waals surface area contributed by atoms with Crippen LogP contribution < -0.4 is 10.6 Å². The summed E-state index contributed by atoms with van der Waals surface area (Å²) in [7, 11) is 0. The van der Waals surface area contributed by atoms with Crippen LogP contribution in [0.15, 0.2) is 36.8 Å². The van der Waals surface area contributed by atoms with Crippen molar-refractivity contribution >= 4 is 11.6 Å². The van der Waals surface area contributed by atoms with E-state index in [4.69, 9.17) is 0 Å². The van der Waals surface area contributed by atoms with Crippen LogP contribution in [-0.4, -0.2) is 22.0 Å². The fourth-order valence-electron chi connectivity index (χ4n) is 2.16. The van der Waals surface area contributed by atoms with Crippen molar-refractivity contribution in [3.05, 3.63) is 48.0 Å². The number of hydrogen-bond donors (Lipinski definition) is 2. The number of aryl methyl sites for hydroxylation is 1. The summed E-state index contributed by atoms with van der Waals surface area (Å²) >= 11 is 0. The molecule has 0 spiro atoms. The van der Waals surface area contributed by atoms with Crippen molar-refractivity contribution in [1.29, 1.82) is 0 Å². The van der Waals surface area contributed by atoms with Crippen LogP contribution in [0.5, 0.6) is 0 Å². The van der Waals surface area contributed by atoms with E-state index >= 15 is 0 Å². The molecule has 2 rings (SSSR count). The van der Waals surface area contributed by atoms with Crippen molar-refractivity contribution < 1.29 is 4.79 Å². The molecule has 1 aromatic heterocycles. The highest BCUT2D eigenvalue weighted by Gasteiger charge is 2.05. The molecular formula is C16H22N4O. The molecule has 21 heavy (non-hydrogen) atoms. The van der Waals surface area contributed by atoms with Gasteiger partial charge in [-0.15, -0.1) is 0 Å². The minimum absolute atomic E-state index is 0.0443. The molecule has 0 aliphatic carbocycles. The average molecular weight is 286 g/mol. The molecule has 0 aliphatic heterocycles. The number of hydrogen-bond acceptors (Lipinski definition) is 3. The molecule has 0 saturated heterocycles. The highest BCUT2D eigenvalue weighted by Crippen LogP contribution is 2.12. The molecule has 2 aromatic rings. The highest BCUT2D eigenvalue weighted by atomic mass is 16.1. The molecule has 0 unspecified atom stereocenters. The first-order valence-corrected chi connectivity index (χ1v) is 7.35. The molecule has 112 valence electrons. The summed E-state index contributed by atoms with van der Waals surface area (Å²) in [5.74, 6) is -0.0443. The van der Waals surface area contributed by atoms with E-state index in [0.717, 1.165) is 24.3 Å². The molecule has 1 amide bonds. The van der Waals surface area contributed by atoms with Crippen molar-refractivity contribution in [3.8, 4) is 0 Å². The van der Waals surface area contributed by atoms with Crippen molar-refractivity contribution in [3.63, 3.8) is 0 Å². The number of amides is 1. The Morgan fingerprint density at radius 2 is 2.19 bits per heavy atom. The third-order valence-corrected chi connectivity index (χ3v) is 3.20. The number of nitrogens with zero attached hydrogens (tertiary/aromatic N) is 2. The molecular weight excluding hydrogens is 264 g/mol. The molecule has 0 bridgehead atoms. The van der Waals surface area contributed by atoms with Gasteiger partial charge < -0.3 is 15.2 Å². The number of nitrogens with one attached hydrogen (secondary N) is 2. The van der Waals surface area contributed by atoms with E-state index < -0.39 is 0 Å². The Morgan fingerprint density at radius 3 is 2.95 bits per heavy atom. The molecule has 1 aromatic carbocycles. The van der Waals surface area contributed by atoms with Crippen LogP contribution in [0.1, 0.15) is 36.3 Å². The number of benzene rings is 1. The maximum atomic E-state index is 11.8. The van der Waals surface area contributed by atoms with Gasteiger partial charge in [0.15, 0.2) is 0 Å². The summed E-state index contributed by atoms with van der Waals surface area (Å²) in [6, 6.07) is 7.53. The summed E-state index contributed by atoms with van der Waals surface area (Å²) in [6.07, 6.45) is 4.80. The van der Waals surface area contributed by atoms with Crippen LogP contribution in [0, 0.1) is 0 Å². The van der Waals surface area contributed by atoms with Gasteiger partial charge >= 0.3 is 0 Å². The predicted molar refractivity (Wildman–Crippen MR) is 84.3 cm³/mol. The van der Waals surface area contributed by atoms with Gasteiger partial charge in [-0.1, -0.05) is 13.0 Å². The van der Waals surface area contributed by atoms with Gasteiger partial charge in [0.05, 0.1) is 18.6 Å². The quantitative estimate of drug-likeness (QED) is 0.822. The zero-order valence-corrected chi connectivity index (χ0v) is 12.6. The van der Waals surface area contributed by atoms with E-state index in [0.29, 0.717) is 18.7 Å². The van der Waals surface area contributed by atoms with E-state index in [1.54, 1.807) is 0 Å². The largest absolute Gasteiger partial charge is 0.379 e.